The second-order valence-corrected chi connectivity index (χ2v) is 8.99. The molecule has 0 aromatic heterocycles. The van der Waals surface area contributed by atoms with Crippen molar-refractivity contribution in [1.82, 2.24) is 0 Å². The molecule has 1 amide bonds. The summed E-state index contributed by atoms with van der Waals surface area (Å²) in [6, 6.07) is 15.6. The third-order valence-electron chi connectivity index (χ3n) is 4.66. The highest BCUT2D eigenvalue weighted by atomic mass is 35.5. The van der Waals surface area contributed by atoms with Crippen molar-refractivity contribution in [3.8, 4) is 0 Å². The van der Waals surface area contributed by atoms with Crippen LogP contribution >= 0.6 is 11.6 Å². The van der Waals surface area contributed by atoms with Crippen molar-refractivity contribution in [1.29, 1.82) is 0 Å². The van der Waals surface area contributed by atoms with Crippen molar-refractivity contribution in [3.05, 3.63) is 94.6 Å². The minimum absolute atomic E-state index is 0.0241. The van der Waals surface area contributed by atoms with Crippen LogP contribution in [-0.2, 0) is 10.0 Å². The maximum Gasteiger partial charge on any atom is 0.264 e. The average Bonchev–Trinajstić information content (AvgIpc) is 2.78. The van der Waals surface area contributed by atoms with Crippen LogP contribution in [0.25, 0.3) is 4.85 Å². The third-order valence-corrected chi connectivity index (χ3v) is 6.69. The van der Waals surface area contributed by atoms with Crippen molar-refractivity contribution in [2.45, 2.75) is 4.90 Å². The van der Waals surface area contributed by atoms with Gasteiger partial charge in [-0.25, -0.2) is 17.7 Å². The molecule has 0 fully saturated rings. The van der Waals surface area contributed by atoms with Crippen LogP contribution in [-0.4, -0.2) is 28.4 Å². The summed E-state index contributed by atoms with van der Waals surface area (Å²) in [4.78, 5) is 17.0. The largest absolute Gasteiger partial charge is 0.309 e. The Hall–Kier alpha value is -3.41. The van der Waals surface area contributed by atoms with Crippen LogP contribution in [0, 0.1) is 12.4 Å². The van der Waals surface area contributed by atoms with Crippen LogP contribution in [0.5, 0.6) is 0 Å². The van der Waals surface area contributed by atoms with Gasteiger partial charge < -0.3 is 4.90 Å². The van der Waals surface area contributed by atoms with E-state index >= 15 is 0 Å². The summed E-state index contributed by atoms with van der Waals surface area (Å²) in [5.41, 5.74) is 0.561. The van der Waals surface area contributed by atoms with Gasteiger partial charge in [-0.05, 0) is 54.6 Å². The van der Waals surface area contributed by atoms with Crippen molar-refractivity contribution in [2.75, 3.05) is 23.3 Å². The standard InChI is InChI=1S/C22H17ClFN3O3S/c1-25-17-9-12-21(20(24)14-17)26(2)22(28)15-5-4-6-19(13-15)31(29,30)27(3)18-10-7-16(23)8-11-18/h4-14H,2-3H3. The van der Waals surface area contributed by atoms with E-state index in [1.54, 1.807) is 24.3 Å². The van der Waals surface area contributed by atoms with Gasteiger partial charge in [0.1, 0.15) is 5.82 Å². The summed E-state index contributed by atoms with van der Waals surface area (Å²) in [5, 5.41) is 0.474. The highest BCUT2D eigenvalue weighted by molar-refractivity contribution is 7.92. The van der Waals surface area contributed by atoms with E-state index < -0.39 is 21.7 Å². The fourth-order valence-corrected chi connectivity index (χ4v) is 4.25. The van der Waals surface area contributed by atoms with Gasteiger partial charge in [0.2, 0.25) is 0 Å². The quantitative estimate of drug-likeness (QED) is 0.499. The molecule has 0 N–H and O–H groups in total. The Kier molecular flexibility index (Phi) is 6.29. The number of amides is 1. The average molecular weight is 458 g/mol. The van der Waals surface area contributed by atoms with Gasteiger partial charge >= 0.3 is 0 Å². The van der Waals surface area contributed by atoms with Gasteiger partial charge in [0, 0.05) is 24.7 Å². The van der Waals surface area contributed by atoms with Gasteiger partial charge in [-0.2, -0.15) is 0 Å². The van der Waals surface area contributed by atoms with Crippen LogP contribution in [0.4, 0.5) is 21.5 Å². The Balaban J connectivity index is 1.92. The summed E-state index contributed by atoms with van der Waals surface area (Å²) < 4.78 is 41.5. The number of hydrogen-bond acceptors (Lipinski definition) is 3. The number of carbonyl (C=O) groups excluding carboxylic acids is 1. The van der Waals surface area contributed by atoms with Gasteiger partial charge in [-0.3, -0.25) is 9.10 Å². The molecule has 0 aliphatic carbocycles. The molecule has 0 saturated heterocycles. The summed E-state index contributed by atoms with van der Waals surface area (Å²) in [6.45, 7) is 6.94. The molecule has 0 aliphatic heterocycles. The minimum atomic E-state index is -3.96. The smallest absolute Gasteiger partial charge is 0.264 e. The zero-order valence-corrected chi connectivity index (χ0v) is 18.2. The van der Waals surface area contributed by atoms with E-state index in [9.17, 15) is 17.6 Å². The van der Waals surface area contributed by atoms with Gasteiger partial charge in [0.15, 0.2) is 5.69 Å². The van der Waals surface area contributed by atoms with Crippen molar-refractivity contribution in [2.24, 2.45) is 0 Å². The van der Waals surface area contributed by atoms with Gasteiger partial charge in [0.25, 0.3) is 15.9 Å². The van der Waals surface area contributed by atoms with Gasteiger partial charge in [0.05, 0.1) is 22.8 Å². The molecule has 3 rings (SSSR count). The topological polar surface area (TPSA) is 62.1 Å². The Labute approximate surface area is 185 Å². The zero-order chi connectivity index (χ0) is 22.8. The van der Waals surface area contributed by atoms with E-state index in [4.69, 9.17) is 18.2 Å². The lowest BCUT2D eigenvalue weighted by Crippen LogP contribution is -2.29. The molecule has 0 spiro atoms. The van der Waals surface area contributed by atoms with E-state index in [-0.39, 0.29) is 21.8 Å². The number of carbonyl (C=O) groups is 1. The van der Waals surface area contributed by atoms with Gasteiger partial charge in [-0.15, -0.1) is 0 Å². The Morgan fingerprint density at radius 1 is 1.03 bits per heavy atom. The molecule has 31 heavy (non-hydrogen) atoms. The lowest BCUT2D eigenvalue weighted by molar-refractivity contribution is 0.0992. The third kappa shape index (κ3) is 4.53. The summed E-state index contributed by atoms with van der Waals surface area (Å²) >= 11 is 5.86. The molecule has 0 bridgehead atoms. The number of rotatable bonds is 5. The maximum atomic E-state index is 14.3. The van der Waals surface area contributed by atoms with E-state index in [1.807, 2.05) is 0 Å². The van der Waals surface area contributed by atoms with Gasteiger partial charge in [-0.1, -0.05) is 23.7 Å². The normalized spacial score (nSPS) is 10.9. The van der Waals surface area contributed by atoms with Crippen molar-refractivity contribution < 1.29 is 17.6 Å². The highest BCUT2D eigenvalue weighted by Crippen LogP contribution is 2.27. The Morgan fingerprint density at radius 2 is 1.71 bits per heavy atom. The molecule has 0 saturated carbocycles. The molecular weight excluding hydrogens is 441 g/mol. The number of benzene rings is 3. The number of halogens is 2. The SMILES string of the molecule is [C-]#[N+]c1ccc(N(C)C(=O)c2cccc(S(=O)(=O)N(C)c3ccc(Cl)cc3)c2)c(F)c1. The minimum Gasteiger partial charge on any atom is -0.309 e. The predicted molar refractivity (Wildman–Crippen MR) is 119 cm³/mol. The van der Waals surface area contributed by atoms with E-state index in [0.717, 1.165) is 15.3 Å². The molecule has 0 aliphatic rings. The van der Waals surface area contributed by atoms with Crippen LogP contribution in [0.3, 0.4) is 0 Å². The maximum absolute atomic E-state index is 14.3. The number of nitrogens with zero attached hydrogens (tertiary/aromatic N) is 3. The summed E-state index contributed by atoms with van der Waals surface area (Å²) in [5.74, 6) is -1.32. The highest BCUT2D eigenvalue weighted by Gasteiger charge is 2.24. The lowest BCUT2D eigenvalue weighted by atomic mass is 10.2. The summed E-state index contributed by atoms with van der Waals surface area (Å²) in [7, 11) is -1.19. The van der Waals surface area contributed by atoms with Crippen molar-refractivity contribution >= 4 is 44.6 Å². The van der Waals surface area contributed by atoms with Crippen LogP contribution < -0.4 is 9.21 Å². The van der Waals surface area contributed by atoms with Crippen LogP contribution in [0.2, 0.25) is 5.02 Å². The Bertz CT molecular complexity index is 1290. The Morgan fingerprint density at radius 3 is 2.32 bits per heavy atom. The van der Waals surface area contributed by atoms with Crippen LogP contribution in [0.15, 0.2) is 71.6 Å². The first-order valence-electron chi connectivity index (χ1n) is 8.95. The second-order valence-electron chi connectivity index (χ2n) is 6.59. The van der Waals surface area contributed by atoms with Crippen LogP contribution in [0.1, 0.15) is 10.4 Å². The molecule has 3 aromatic rings. The van der Waals surface area contributed by atoms with Crippen molar-refractivity contribution in [3.63, 3.8) is 0 Å². The molecule has 0 radical (unpaired) electrons. The monoisotopic (exact) mass is 457 g/mol. The van der Waals surface area contributed by atoms with E-state index in [1.165, 1.54) is 50.5 Å². The summed E-state index contributed by atoms with van der Waals surface area (Å²) in [6.07, 6.45) is 0. The first-order chi connectivity index (χ1) is 14.6. The fourth-order valence-electron chi connectivity index (χ4n) is 2.88. The number of sulfonamides is 1. The predicted octanol–water partition coefficient (Wildman–Crippen LogP) is 5.13. The lowest BCUT2D eigenvalue weighted by Gasteiger charge is -2.21. The fraction of sp³-hybridized carbons (Fsp3) is 0.0909. The second kappa shape index (κ2) is 8.76. The molecule has 0 heterocycles. The molecule has 6 nitrogen and oxygen atoms in total. The molecular formula is C22H17ClFN3O3S. The van der Waals surface area contributed by atoms with E-state index in [0.29, 0.717) is 10.7 Å². The number of anilines is 2. The molecule has 0 unspecified atom stereocenters. The molecule has 9 heteroatoms. The molecule has 158 valence electrons. The zero-order valence-electron chi connectivity index (χ0n) is 16.6. The van der Waals surface area contributed by atoms with E-state index in [2.05, 4.69) is 4.85 Å². The number of hydrogen-bond donors (Lipinski definition) is 0. The first kappa shape index (κ1) is 22.3. The first-order valence-corrected chi connectivity index (χ1v) is 10.8. The molecule has 0 atom stereocenters. The molecule has 3 aromatic carbocycles.